The molecule has 2 aliphatic heterocycles. The van der Waals surface area contributed by atoms with Gasteiger partial charge in [0.2, 0.25) is 0 Å². The molecule has 1 atom stereocenters. The van der Waals surface area contributed by atoms with E-state index in [4.69, 9.17) is 4.74 Å². The van der Waals surface area contributed by atoms with E-state index in [2.05, 4.69) is 19.8 Å². The van der Waals surface area contributed by atoms with Gasteiger partial charge < -0.3 is 9.84 Å². The average Bonchev–Trinajstić information content (AvgIpc) is 2.47. The van der Waals surface area contributed by atoms with E-state index >= 15 is 0 Å². The average molecular weight is 292 g/mol. The van der Waals surface area contributed by atoms with E-state index < -0.39 is 0 Å². The van der Waals surface area contributed by atoms with Gasteiger partial charge in [0.25, 0.3) is 0 Å². The van der Waals surface area contributed by atoms with Gasteiger partial charge in [0.05, 0.1) is 25.0 Å². The first-order valence-corrected chi connectivity index (χ1v) is 7.72. The standard InChI is InChI=1S/C15H24N4O2/c1-12-16-8-13-2-3-19(11-15(13)17-12)10-14(20)9-18-4-6-21-7-5-18/h8,14,20H,2-7,9-11H2,1H3/t14-/m1/s1. The van der Waals surface area contributed by atoms with Crippen molar-refractivity contribution >= 4 is 0 Å². The van der Waals surface area contributed by atoms with Crippen LogP contribution in [0.25, 0.3) is 0 Å². The van der Waals surface area contributed by atoms with Crippen LogP contribution in [0.1, 0.15) is 17.1 Å². The summed E-state index contributed by atoms with van der Waals surface area (Å²) in [6.07, 6.45) is 2.60. The molecule has 0 aromatic carbocycles. The van der Waals surface area contributed by atoms with Gasteiger partial charge in [-0.15, -0.1) is 0 Å². The number of morpholine rings is 1. The number of aliphatic hydroxyl groups excluding tert-OH is 1. The highest BCUT2D eigenvalue weighted by atomic mass is 16.5. The molecule has 3 heterocycles. The minimum Gasteiger partial charge on any atom is -0.390 e. The van der Waals surface area contributed by atoms with Crippen LogP contribution in [-0.2, 0) is 17.7 Å². The summed E-state index contributed by atoms with van der Waals surface area (Å²) in [6, 6.07) is 0. The van der Waals surface area contributed by atoms with Gasteiger partial charge in [-0.3, -0.25) is 9.80 Å². The summed E-state index contributed by atoms with van der Waals surface area (Å²) < 4.78 is 5.33. The largest absolute Gasteiger partial charge is 0.390 e. The molecule has 21 heavy (non-hydrogen) atoms. The topological polar surface area (TPSA) is 61.7 Å². The Kier molecular flexibility index (Phi) is 4.80. The predicted molar refractivity (Wildman–Crippen MR) is 79.0 cm³/mol. The Morgan fingerprint density at radius 3 is 2.81 bits per heavy atom. The number of rotatable bonds is 4. The van der Waals surface area contributed by atoms with Crippen molar-refractivity contribution in [1.82, 2.24) is 19.8 Å². The maximum atomic E-state index is 10.3. The van der Waals surface area contributed by atoms with Crippen molar-refractivity contribution in [2.75, 3.05) is 45.9 Å². The SMILES string of the molecule is Cc1ncc2c(n1)CN(C[C@H](O)CN1CCOCC1)CC2. The van der Waals surface area contributed by atoms with Gasteiger partial charge in [-0.25, -0.2) is 9.97 Å². The highest BCUT2D eigenvalue weighted by Gasteiger charge is 2.22. The van der Waals surface area contributed by atoms with Crippen LogP contribution in [0.4, 0.5) is 0 Å². The fourth-order valence-electron chi connectivity index (χ4n) is 3.05. The fraction of sp³-hybridized carbons (Fsp3) is 0.733. The lowest BCUT2D eigenvalue weighted by Gasteiger charge is -2.32. The summed E-state index contributed by atoms with van der Waals surface area (Å²) >= 11 is 0. The van der Waals surface area contributed by atoms with Crippen molar-refractivity contribution in [2.45, 2.75) is 26.0 Å². The van der Waals surface area contributed by atoms with Crippen molar-refractivity contribution < 1.29 is 9.84 Å². The van der Waals surface area contributed by atoms with Crippen molar-refractivity contribution in [3.8, 4) is 0 Å². The third-order valence-electron chi connectivity index (χ3n) is 4.19. The number of hydrogen-bond acceptors (Lipinski definition) is 6. The number of hydrogen-bond donors (Lipinski definition) is 1. The quantitative estimate of drug-likeness (QED) is 0.832. The number of nitrogens with zero attached hydrogens (tertiary/aromatic N) is 4. The lowest BCUT2D eigenvalue weighted by molar-refractivity contribution is 0.00574. The lowest BCUT2D eigenvalue weighted by Crippen LogP contribution is -2.45. The molecule has 0 bridgehead atoms. The normalized spacial score (nSPS) is 22.0. The first-order valence-electron chi connectivity index (χ1n) is 7.72. The molecule has 116 valence electrons. The molecule has 0 aliphatic carbocycles. The van der Waals surface area contributed by atoms with Crippen molar-refractivity contribution in [2.24, 2.45) is 0 Å². The van der Waals surface area contributed by atoms with E-state index in [1.807, 2.05) is 13.1 Å². The maximum absolute atomic E-state index is 10.3. The number of aromatic nitrogens is 2. The van der Waals surface area contributed by atoms with E-state index in [9.17, 15) is 5.11 Å². The zero-order valence-corrected chi connectivity index (χ0v) is 12.7. The molecule has 1 aromatic heterocycles. The van der Waals surface area contributed by atoms with Crippen LogP contribution in [-0.4, -0.2) is 76.9 Å². The van der Waals surface area contributed by atoms with Crippen molar-refractivity contribution in [3.05, 3.63) is 23.3 Å². The van der Waals surface area contributed by atoms with Gasteiger partial charge in [0, 0.05) is 45.5 Å². The summed E-state index contributed by atoms with van der Waals surface area (Å²) in [5.74, 6) is 0.824. The van der Waals surface area contributed by atoms with E-state index in [1.54, 1.807) is 0 Å². The minimum atomic E-state index is -0.312. The van der Waals surface area contributed by atoms with Crippen LogP contribution in [0.2, 0.25) is 0 Å². The number of aliphatic hydroxyl groups is 1. The van der Waals surface area contributed by atoms with Crippen LogP contribution < -0.4 is 0 Å². The maximum Gasteiger partial charge on any atom is 0.125 e. The highest BCUT2D eigenvalue weighted by Crippen LogP contribution is 2.16. The summed E-state index contributed by atoms with van der Waals surface area (Å²) in [5, 5.41) is 10.3. The third kappa shape index (κ3) is 3.97. The monoisotopic (exact) mass is 292 g/mol. The molecule has 6 heteroatoms. The minimum absolute atomic E-state index is 0.312. The molecule has 1 aromatic rings. The Labute approximate surface area is 125 Å². The smallest absolute Gasteiger partial charge is 0.125 e. The third-order valence-corrected chi connectivity index (χ3v) is 4.19. The van der Waals surface area contributed by atoms with Crippen molar-refractivity contribution in [3.63, 3.8) is 0 Å². The first kappa shape index (κ1) is 14.8. The van der Waals surface area contributed by atoms with Gasteiger partial charge in [-0.2, -0.15) is 0 Å². The summed E-state index contributed by atoms with van der Waals surface area (Å²) in [6.45, 7) is 8.55. The molecule has 2 aliphatic rings. The Morgan fingerprint density at radius 2 is 2.00 bits per heavy atom. The summed E-state index contributed by atoms with van der Waals surface area (Å²) in [7, 11) is 0. The highest BCUT2D eigenvalue weighted by molar-refractivity contribution is 5.20. The molecule has 3 rings (SSSR count). The van der Waals surface area contributed by atoms with Crippen LogP contribution in [0.3, 0.4) is 0 Å². The molecule has 0 amide bonds. The summed E-state index contributed by atoms with van der Waals surface area (Å²) in [5.41, 5.74) is 2.37. The second-order valence-electron chi connectivity index (χ2n) is 5.94. The second-order valence-corrected chi connectivity index (χ2v) is 5.94. The molecule has 1 saturated heterocycles. The van der Waals surface area contributed by atoms with Gasteiger partial charge in [0.1, 0.15) is 5.82 Å². The number of fused-ring (bicyclic) bond motifs is 1. The Balaban J connectivity index is 1.51. The first-order chi connectivity index (χ1) is 10.2. The zero-order chi connectivity index (χ0) is 14.7. The Hall–Kier alpha value is -1.08. The number of ether oxygens (including phenoxy) is 1. The number of aryl methyl sites for hydroxylation is 1. The Morgan fingerprint density at radius 1 is 1.24 bits per heavy atom. The van der Waals surface area contributed by atoms with Crippen LogP contribution in [0.5, 0.6) is 0 Å². The predicted octanol–water partition coefficient (Wildman–Crippen LogP) is -0.164. The zero-order valence-electron chi connectivity index (χ0n) is 12.7. The molecular formula is C15H24N4O2. The molecule has 0 radical (unpaired) electrons. The fourth-order valence-corrected chi connectivity index (χ4v) is 3.05. The lowest BCUT2D eigenvalue weighted by atomic mass is 10.1. The molecule has 1 N–H and O–H groups in total. The van der Waals surface area contributed by atoms with E-state index in [1.165, 1.54) is 5.56 Å². The molecule has 0 saturated carbocycles. The van der Waals surface area contributed by atoms with Gasteiger partial charge >= 0.3 is 0 Å². The van der Waals surface area contributed by atoms with Crippen LogP contribution in [0.15, 0.2) is 6.20 Å². The molecular weight excluding hydrogens is 268 g/mol. The van der Waals surface area contributed by atoms with Crippen LogP contribution in [0, 0.1) is 6.92 Å². The molecule has 1 fully saturated rings. The van der Waals surface area contributed by atoms with Crippen molar-refractivity contribution in [1.29, 1.82) is 0 Å². The van der Waals surface area contributed by atoms with Gasteiger partial charge in [-0.1, -0.05) is 0 Å². The molecule has 0 spiro atoms. The second kappa shape index (κ2) is 6.79. The van der Waals surface area contributed by atoms with Crippen LogP contribution >= 0.6 is 0 Å². The van der Waals surface area contributed by atoms with Gasteiger partial charge in [-0.05, 0) is 18.9 Å². The van der Waals surface area contributed by atoms with E-state index in [-0.39, 0.29) is 6.10 Å². The van der Waals surface area contributed by atoms with E-state index in [0.29, 0.717) is 6.54 Å². The Bertz CT molecular complexity index is 477. The van der Waals surface area contributed by atoms with E-state index in [0.717, 1.165) is 63.9 Å². The molecule has 6 nitrogen and oxygen atoms in total. The van der Waals surface area contributed by atoms with Gasteiger partial charge in [0.15, 0.2) is 0 Å². The summed E-state index contributed by atoms with van der Waals surface area (Å²) in [4.78, 5) is 13.4. The molecule has 0 unspecified atom stereocenters. The number of β-amino-alcohol motifs (C(OH)–C–C–N with tert-alkyl or cyclic N) is 1.